The van der Waals surface area contributed by atoms with Crippen LogP contribution in [0.1, 0.15) is 43.9 Å². The van der Waals surface area contributed by atoms with Crippen molar-refractivity contribution < 1.29 is 9.13 Å². The van der Waals surface area contributed by atoms with Crippen molar-refractivity contribution in [3.8, 4) is 16.9 Å². The van der Waals surface area contributed by atoms with Crippen LogP contribution in [0.25, 0.3) is 11.1 Å². The summed E-state index contributed by atoms with van der Waals surface area (Å²) in [5.74, 6) is 0.0362. The van der Waals surface area contributed by atoms with Crippen molar-refractivity contribution in [1.29, 1.82) is 0 Å². The monoisotopic (exact) mass is 461 g/mol. The molecule has 2 aromatic heterocycles. The predicted octanol–water partition coefficient (Wildman–Crippen LogP) is 5.18. The summed E-state index contributed by atoms with van der Waals surface area (Å²) in [7, 11) is 0. The number of aromatic nitrogens is 3. The SMILES string of the molecule is CC(Oc1cc(-c2cnn(C3CNC4(CC4)C3)c2)cnc1N)c1c(Cl)ccc(F)c1Cl. The van der Waals surface area contributed by atoms with Gasteiger partial charge in [0, 0.05) is 46.2 Å². The van der Waals surface area contributed by atoms with E-state index in [9.17, 15) is 4.39 Å². The number of nitrogens with two attached hydrogens (primary N) is 1. The normalized spacial score (nSPS) is 20.2. The maximum Gasteiger partial charge on any atom is 0.166 e. The first-order valence-corrected chi connectivity index (χ1v) is 11.0. The Hall–Kier alpha value is -2.35. The molecule has 2 atom stereocenters. The molecule has 6 nitrogen and oxygen atoms in total. The molecular weight excluding hydrogens is 440 g/mol. The minimum atomic E-state index is -0.628. The molecule has 3 N–H and O–H groups in total. The first-order chi connectivity index (χ1) is 14.8. The van der Waals surface area contributed by atoms with Crippen molar-refractivity contribution in [1.82, 2.24) is 20.1 Å². The zero-order valence-electron chi connectivity index (χ0n) is 16.9. The number of nitrogens with zero attached hydrogens (tertiary/aromatic N) is 3. The van der Waals surface area contributed by atoms with Crippen molar-refractivity contribution in [3.05, 3.63) is 58.2 Å². The number of ether oxygens (including phenoxy) is 1. The van der Waals surface area contributed by atoms with Gasteiger partial charge in [-0.05, 0) is 44.4 Å². The maximum absolute atomic E-state index is 13.9. The van der Waals surface area contributed by atoms with E-state index in [4.69, 9.17) is 33.7 Å². The fraction of sp³-hybridized carbons (Fsp3) is 0.364. The molecule has 1 saturated heterocycles. The van der Waals surface area contributed by atoms with Gasteiger partial charge in [-0.2, -0.15) is 5.10 Å². The number of hydrogen-bond donors (Lipinski definition) is 2. The fourth-order valence-electron chi connectivity index (χ4n) is 4.21. The number of anilines is 1. The summed E-state index contributed by atoms with van der Waals surface area (Å²) in [6, 6.07) is 4.83. The molecule has 1 aromatic carbocycles. The third-order valence-corrected chi connectivity index (χ3v) is 6.89. The van der Waals surface area contributed by atoms with Gasteiger partial charge in [-0.3, -0.25) is 4.68 Å². The average Bonchev–Trinajstić information content (AvgIpc) is 3.12. The fourth-order valence-corrected chi connectivity index (χ4v) is 4.89. The van der Waals surface area contributed by atoms with E-state index in [1.54, 1.807) is 19.2 Å². The van der Waals surface area contributed by atoms with Crippen molar-refractivity contribution in [2.45, 2.75) is 43.9 Å². The molecule has 1 spiro atoms. The molecule has 3 heterocycles. The number of pyridine rings is 1. The second kappa shape index (κ2) is 7.65. The lowest BCUT2D eigenvalue weighted by Gasteiger charge is -2.19. The van der Waals surface area contributed by atoms with Crippen molar-refractivity contribution in [3.63, 3.8) is 0 Å². The van der Waals surface area contributed by atoms with Gasteiger partial charge in [-0.15, -0.1) is 0 Å². The van der Waals surface area contributed by atoms with Gasteiger partial charge >= 0.3 is 0 Å². The standard InChI is InChI=1S/C22H22Cl2FN5O/c1-12(19-16(23)2-3-17(25)20(19)24)31-18-6-13(8-27-21(18)26)14-9-29-30(11-14)15-7-22(4-5-22)28-10-15/h2-3,6,8-9,11-12,15,28H,4-5,7,10H2,1H3,(H2,26,27). The first-order valence-electron chi connectivity index (χ1n) is 10.2. The van der Waals surface area contributed by atoms with Gasteiger partial charge in [0.15, 0.2) is 11.6 Å². The van der Waals surface area contributed by atoms with Crippen LogP contribution in [0, 0.1) is 5.82 Å². The molecule has 0 radical (unpaired) electrons. The number of rotatable bonds is 5. The minimum Gasteiger partial charge on any atom is -0.482 e. The van der Waals surface area contributed by atoms with Crippen LogP contribution in [-0.2, 0) is 0 Å². The Morgan fingerprint density at radius 2 is 2.10 bits per heavy atom. The Balaban J connectivity index is 1.38. The molecule has 31 heavy (non-hydrogen) atoms. The molecule has 0 amide bonds. The number of hydrogen-bond acceptors (Lipinski definition) is 5. The van der Waals surface area contributed by atoms with E-state index in [0.29, 0.717) is 27.9 Å². The smallest absolute Gasteiger partial charge is 0.166 e. The quantitative estimate of drug-likeness (QED) is 0.511. The highest BCUT2D eigenvalue weighted by atomic mass is 35.5. The third-order valence-electron chi connectivity index (χ3n) is 6.17. The second-order valence-electron chi connectivity index (χ2n) is 8.35. The molecule has 3 aromatic rings. The van der Waals surface area contributed by atoms with Gasteiger partial charge in [-0.25, -0.2) is 9.37 Å². The summed E-state index contributed by atoms with van der Waals surface area (Å²) in [5.41, 5.74) is 8.49. The van der Waals surface area contributed by atoms with E-state index in [-0.39, 0.29) is 10.8 Å². The second-order valence-corrected chi connectivity index (χ2v) is 9.14. The highest BCUT2D eigenvalue weighted by molar-refractivity contribution is 6.36. The highest BCUT2D eigenvalue weighted by Gasteiger charge is 2.48. The Labute approximate surface area is 189 Å². The van der Waals surface area contributed by atoms with Crippen LogP contribution < -0.4 is 15.8 Å². The molecule has 2 unspecified atom stereocenters. The molecule has 0 bridgehead atoms. The van der Waals surface area contributed by atoms with Gasteiger partial charge in [0.2, 0.25) is 0 Å². The largest absolute Gasteiger partial charge is 0.482 e. The lowest BCUT2D eigenvalue weighted by molar-refractivity contribution is 0.227. The summed E-state index contributed by atoms with van der Waals surface area (Å²) in [6.07, 6.45) is 8.50. The van der Waals surface area contributed by atoms with Crippen LogP contribution in [0.15, 0.2) is 36.8 Å². The molecule has 2 fully saturated rings. The Morgan fingerprint density at radius 3 is 2.84 bits per heavy atom. The van der Waals surface area contributed by atoms with Gasteiger partial charge in [-0.1, -0.05) is 23.2 Å². The van der Waals surface area contributed by atoms with Crippen LogP contribution in [0.5, 0.6) is 5.75 Å². The predicted molar refractivity (Wildman–Crippen MR) is 119 cm³/mol. The highest BCUT2D eigenvalue weighted by Crippen LogP contribution is 2.46. The Kier molecular flexibility index (Phi) is 5.07. The van der Waals surface area contributed by atoms with E-state index < -0.39 is 11.9 Å². The van der Waals surface area contributed by atoms with Crippen LogP contribution in [0.4, 0.5) is 10.2 Å². The number of nitrogens with one attached hydrogen (secondary N) is 1. The Bertz CT molecular complexity index is 1150. The topological polar surface area (TPSA) is 78.0 Å². The molecular formula is C22H22Cl2FN5O. The molecule has 5 rings (SSSR count). The van der Waals surface area contributed by atoms with Gasteiger partial charge < -0.3 is 15.8 Å². The van der Waals surface area contributed by atoms with E-state index in [1.165, 1.54) is 25.0 Å². The molecule has 2 aliphatic rings. The van der Waals surface area contributed by atoms with Crippen molar-refractivity contribution in [2.24, 2.45) is 0 Å². The van der Waals surface area contributed by atoms with Crippen LogP contribution in [-0.4, -0.2) is 26.8 Å². The maximum atomic E-state index is 13.9. The summed E-state index contributed by atoms with van der Waals surface area (Å²) >= 11 is 12.3. The zero-order chi connectivity index (χ0) is 21.8. The zero-order valence-corrected chi connectivity index (χ0v) is 18.4. The molecule has 1 saturated carbocycles. The molecule has 1 aliphatic heterocycles. The summed E-state index contributed by atoms with van der Waals surface area (Å²) < 4.78 is 21.9. The van der Waals surface area contributed by atoms with E-state index >= 15 is 0 Å². The van der Waals surface area contributed by atoms with Crippen LogP contribution in [0.3, 0.4) is 0 Å². The first kappa shape index (κ1) is 20.5. The molecule has 162 valence electrons. The Morgan fingerprint density at radius 1 is 1.29 bits per heavy atom. The van der Waals surface area contributed by atoms with Gasteiger partial charge in [0.25, 0.3) is 0 Å². The molecule has 1 aliphatic carbocycles. The van der Waals surface area contributed by atoms with Crippen LogP contribution in [0.2, 0.25) is 10.0 Å². The van der Waals surface area contributed by atoms with E-state index in [2.05, 4.69) is 15.4 Å². The van der Waals surface area contributed by atoms with Gasteiger partial charge in [0.05, 0.1) is 17.3 Å². The number of benzene rings is 1. The van der Waals surface area contributed by atoms with Gasteiger partial charge in [0.1, 0.15) is 11.9 Å². The summed E-state index contributed by atoms with van der Waals surface area (Å²) in [4.78, 5) is 4.27. The van der Waals surface area contributed by atoms with Crippen molar-refractivity contribution >= 4 is 29.0 Å². The minimum absolute atomic E-state index is 0.0671. The summed E-state index contributed by atoms with van der Waals surface area (Å²) in [6.45, 7) is 2.67. The van der Waals surface area contributed by atoms with Crippen molar-refractivity contribution in [2.75, 3.05) is 12.3 Å². The molecule has 9 heteroatoms. The van der Waals surface area contributed by atoms with E-state index in [1.807, 2.05) is 17.1 Å². The number of nitrogen functional groups attached to an aromatic ring is 1. The van der Waals surface area contributed by atoms with Crippen LogP contribution >= 0.6 is 23.2 Å². The van der Waals surface area contributed by atoms with E-state index in [0.717, 1.165) is 24.1 Å². The average molecular weight is 462 g/mol. The lowest BCUT2D eigenvalue weighted by Crippen LogP contribution is -2.22. The summed E-state index contributed by atoms with van der Waals surface area (Å²) in [5, 5.41) is 8.43. The third kappa shape index (κ3) is 3.86. The lowest BCUT2D eigenvalue weighted by atomic mass is 10.1. The number of halogens is 3.